The van der Waals surface area contributed by atoms with Crippen molar-refractivity contribution in [2.45, 2.75) is 45.8 Å². The number of amides is 1. The van der Waals surface area contributed by atoms with Crippen molar-refractivity contribution in [3.05, 3.63) is 52.9 Å². The molecule has 1 aliphatic carbocycles. The first-order valence-corrected chi connectivity index (χ1v) is 8.43. The summed E-state index contributed by atoms with van der Waals surface area (Å²) in [7, 11) is 0. The highest BCUT2D eigenvalue weighted by atomic mass is 19.1. The van der Waals surface area contributed by atoms with Crippen LogP contribution in [-0.4, -0.2) is 22.5 Å². The van der Waals surface area contributed by atoms with Crippen molar-refractivity contribution in [1.29, 1.82) is 0 Å². The van der Waals surface area contributed by atoms with Gasteiger partial charge in [0, 0.05) is 23.5 Å². The first kappa shape index (κ1) is 18.1. The zero-order valence-corrected chi connectivity index (χ0v) is 14.8. The summed E-state index contributed by atoms with van der Waals surface area (Å²) in [5.41, 5.74) is 2.03. The van der Waals surface area contributed by atoms with E-state index in [0.29, 0.717) is 17.7 Å². The van der Waals surface area contributed by atoms with E-state index >= 15 is 0 Å². The van der Waals surface area contributed by atoms with Crippen LogP contribution in [0.4, 0.5) is 14.5 Å². The Bertz CT molecular complexity index is 872. The molecule has 1 N–H and O–H groups in total. The Kier molecular flexibility index (Phi) is 4.80. The van der Waals surface area contributed by atoms with E-state index in [0.717, 1.165) is 36.4 Å². The van der Waals surface area contributed by atoms with Crippen LogP contribution in [-0.2, 0) is 9.53 Å². The van der Waals surface area contributed by atoms with Gasteiger partial charge in [0.15, 0.2) is 6.10 Å². The maximum Gasteiger partial charge on any atom is 0.340 e. The predicted molar refractivity (Wildman–Crippen MR) is 92.0 cm³/mol. The fourth-order valence-corrected chi connectivity index (χ4v) is 2.98. The van der Waals surface area contributed by atoms with Crippen LogP contribution in [0.25, 0.3) is 0 Å². The number of anilines is 1. The summed E-state index contributed by atoms with van der Waals surface area (Å²) >= 11 is 0. The molecule has 1 aliphatic rings. The number of hydrogen-bond acceptors (Lipinski definition) is 3. The third-order valence-corrected chi connectivity index (χ3v) is 4.46. The van der Waals surface area contributed by atoms with Crippen LogP contribution in [0.1, 0.15) is 47.6 Å². The fraction of sp³-hybridized carbons (Fsp3) is 0.368. The molecule has 1 aromatic heterocycles. The SMILES string of the molecule is Cc1cc(C(=O)O[C@@H](C)C(=O)Nc2ccc(F)cc2F)c(C)n1C1CC1. The Labute approximate surface area is 150 Å². The largest absolute Gasteiger partial charge is 0.449 e. The van der Waals surface area contributed by atoms with E-state index < -0.39 is 29.6 Å². The molecule has 3 rings (SSSR count). The van der Waals surface area contributed by atoms with Gasteiger partial charge in [-0.25, -0.2) is 13.6 Å². The number of halogens is 2. The lowest BCUT2D eigenvalue weighted by molar-refractivity contribution is -0.123. The van der Waals surface area contributed by atoms with Gasteiger partial charge in [-0.05, 0) is 51.8 Å². The van der Waals surface area contributed by atoms with E-state index in [1.807, 2.05) is 13.8 Å². The minimum atomic E-state index is -1.13. The van der Waals surface area contributed by atoms with Crippen LogP contribution in [0.2, 0.25) is 0 Å². The van der Waals surface area contributed by atoms with Gasteiger partial charge in [-0.3, -0.25) is 4.79 Å². The minimum absolute atomic E-state index is 0.175. The number of carbonyl (C=O) groups excluding carboxylic acids is 2. The third kappa shape index (κ3) is 3.61. The van der Waals surface area contributed by atoms with Crippen LogP contribution >= 0.6 is 0 Å². The van der Waals surface area contributed by atoms with Gasteiger partial charge in [-0.2, -0.15) is 0 Å². The molecule has 0 aliphatic heterocycles. The molecule has 1 saturated carbocycles. The number of aromatic nitrogens is 1. The Morgan fingerprint density at radius 2 is 1.92 bits per heavy atom. The van der Waals surface area contributed by atoms with Gasteiger partial charge in [0.2, 0.25) is 0 Å². The predicted octanol–water partition coefficient (Wildman–Crippen LogP) is 3.90. The molecule has 7 heteroatoms. The third-order valence-electron chi connectivity index (χ3n) is 4.46. The Morgan fingerprint density at radius 3 is 2.54 bits per heavy atom. The number of ether oxygens (including phenoxy) is 1. The van der Waals surface area contributed by atoms with Crippen LogP contribution in [0.3, 0.4) is 0 Å². The zero-order valence-electron chi connectivity index (χ0n) is 14.8. The van der Waals surface area contributed by atoms with Crippen LogP contribution < -0.4 is 5.32 Å². The summed E-state index contributed by atoms with van der Waals surface area (Å²) in [6.07, 6.45) is 1.05. The molecule has 1 fully saturated rings. The van der Waals surface area contributed by atoms with Crippen molar-refractivity contribution < 1.29 is 23.1 Å². The van der Waals surface area contributed by atoms with Crippen LogP contribution in [0, 0.1) is 25.5 Å². The second kappa shape index (κ2) is 6.90. The summed E-state index contributed by atoms with van der Waals surface area (Å²) in [6.45, 7) is 5.17. The molecule has 1 amide bonds. The van der Waals surface area contributed by atoms with E-state index in [4.69, 9.17) is 4.74 Å². The Morgan fingerprint density at radius 1 is 1.23 bits per heavy atom. The average Bonchev–Trinajstić information content (AvgIpc) is 3.35. The zero-order chi connectivity index (χ0) is 19.0. The second-order valence-corrected chi connectivity index (χ2v) is 6.55. The molecule has 0 saturated heterocycles. The van der Waals surface area contributed by atoms with Gasteiger partial charge in [-0.1, -0.05) is 0 Å². The van der Waals surface area contributed by atoms with Gasteiger partial charge >= 0.3 is 5.97 Å². The van der Waals surface area contributed by atoms with Gasteiger partial charge in [-0.15, -0.1) is 0 Å². The van der Waals surface area contributed by atoms with Crippen molar-refractivity contribution in [1.82, 2.24) is 4.57 Å². The van der Waals surface area contributed by atoms with Crippen molar-refractivity contribution in [2.75, 3.05) is 5.32 Å². The molecule has 138 valence electrons. The van der Waals surface area contributed by atoms with E-state index in [1.165, 1.54) is 6.92 Å². The van der Waals surface area contributed by atoms with Gasteiger partial charge in [0.05, 0.1) is 11.3 Å². The summed E-state index contributed by atoms with van der Waals surface area (Å²) in [6, 6.07) is 4.99. The highest BCUT2D eigenvalue weighted by Gasteiger charge is 2.29. The average molecular weight is 362 g/mol. The lowest BCUT2D eigenvalue weighted by Crippen LogP contribution is -2.30. The quantitative estimate of drug-likeness (QED) is 0.821. The van der Waals surface area contributed by atoms with Crippen molar-refractivity contribution in [3.63, 3.8) is 0 Å². The van der Waals surface area contributed by atoms with Crippen molar-refractivity contribution >= 4 is 17.6 Å². The van der Waals surface area contributed by atoms with E-state index in [2.05, 4.69) is 9.88 Å². The topological polar surface area (TPSA) is 60.3 Å². The molecule has 2 aromatic rings. The molecule has 0 spiro atoms. The summed E-state index contributed by atoms with van der Waals surface area (Å²) in [5, 5.41) is 2.29. The van der Waals surface area contributed by atoms with Gasteiger partial charge in [0.25, 0.3) is 5.91 Å². The number of benzene rings is 1. The lowest BCUT2D eigenvalue weighted by Gasteiger charge is -2.14. The maximum atomic E-state index is 13.6. The Hall–Kier alpha value is -2.70. The number of carbonyl (C=O) groups is 2. The number of aryl methyl sites for hydroxylation is 1. The number of hydrogen-bond donors (Lipinski definition) is 1. The summed E-state index contributed by atoms with van der Waals surface area (Å²) in [4.78, 5) is 24.6. The van der Waals surface area contributed by atoms with Crippen molar-refractivity contribution in [2.24, 2.45) is 0 Å². The molecule has 1 aromatic carbocycles. The van der Waals surface area contributed by atoms with Crippen LogP contribution in [0.5, 0.6) is 0 Å². The van der Waals surface area contributed by atoms with E-state index in [1.54, 1.807) is 6.07 Å². The van der Waals surface area contributed by atoms with Gasteiger partial charge in [0.1, 0.15) is 11.6 Å². The first-order valence-electron chi connectivity index (χ1n) is 8.43. The normalized spacial score (nSPS) is 14.8. The molecule has 26 heavy (non-hydrogen) atoms. The number of nitrogens with zero attached hydrogens (tertiary/aromatic N) is 1. The summed E-state index contributed by atoms with van der Waals surface area (Å²) in [5.74, 6) is -2.94. The molecule has 5 nitrogen and oxygen atoms in total. The molecule has 0 bridgehead atoms. The number of rotatable bonds is 5. The fourth-order valence-electron chi connectivity index (χ4n) is 2.98. The first-order chi connectivity index (χ1) is 12.3. The molecule has 0 radical (unpaired) electrons. The molecular formula is C19H20F2N2O3. The standard InChI is InChI=1S/C19H20F2N2O3/c1-10-8-15(11(2)23(10)14-5-6-14)19(25)26-12(3)18(24)22-17-7-4-13(20)9-16(17)21/h4,7-9,12,14H,5-6H2,1-3H3,(H,22,24)/t12-/m0/s1. The minimum Gasteiger partial charge on any atom is -0.449 e. The molecule has 1 heterocycles. The van der Waals surface area contributed by atoms with Crippen LogP contribution in [0.15, 0.2) is 24.3 Å². The van der Waals surface area contributed by atoms with Gasteiger partial charge < -0.3 is 14.6 Å². The highest BCUT2D eigenvalue weighted by molar-refractivity contribution is 5.97. The molecule has 1 atom stereocenters. The maximum absolute atomic E-state index is 13.6. The van der Waals surface area contributed by atoms with E-state index in [9.17, 15) is 18.4 Å². The Balaban J connectivity index is 1.67. The number of nitrogens with one attached hydrogen (secondary N) is 1. The highest BCUT2D eigenvalue weighted by Crippen LogP contribution is 2.38. The second-order valence-electron chi connectivity index (χ2n) is 6.55. The van der Waals surface area contributed by atoms with E-state index in [-0.39, 0.29) is 5.69 Å². The smallest absolute Gasteiger partial charge is 0.340 e. The monoisotopic (exact) mass is 362 g/mol. The molecule has 0 unspecified atom stereocenters. The lowest BCUT2D eigenvalue weighted by atomic mass is 10.2. The number of esters is 1. The van der Waals surface area contributed by atoms with Crippen molar-refractivity contribution in [3.8, 4) is 0 Å². The molecular weight excluding hydrogens is 342 g/mol. The summed E-state index contributed by atoms with van der Waals surface area (Å²) < 4.78 is 33.9.